The summed E-state index contributed by atoms with van der Waals surface area (Å²) in [6.45, 7) is 6.73. The van der Waals surface area contributed by atoms with Crippen LogP contribution in [0, 0.1) is 11.8 Å². The fourth-order valence-electron chi connectivity index (χ4n) is 10.1. The van der Waals surface area contributed by atoms with E-state index in [1.807, 2.05) is 13.0 Å². The summed E-state index contributed by atoms with van der Waals surface area (Å²) in [6, 6.07) is 4.13. The number of hydrogen-bond acceptors (Lipinski definition) is 13. The minimum Gasteiger partial charge on any atom is -0.492 e. The molecule has 1 saturated heterocycles. The fraction of sp³-hybridized carbons (Fsp3) is 0.565. The fourth-order valence-corrected chi connectivity index (χ4v) is 10.1. The van der Waals surface area contributed by atoms with Gasteiger partial charge in [0, 0.05) is 62.7 Å². The van der Waals surface area contributed by atoms with Crippen molar-refractivity contribution in [1.82, 2.24) is 4.90 Å². The van der Waals surface area contributed by atoms with E-state index in [1.54, 1.807) is 14.0 Å². The maximum Gasteiger partial charge on any atom is 0.375 e. The number of rotatable bonds is 11. The Morgan fingerprint density at radius 1 is 1.08 bits per heavy atom. The predicted octanol–water partition coefficient (Wildman–Crippen LogP) is 3.03. The van der Waals surface area contributed by atoms with Gasteiger partial charge in [-0.05, 0) is 106 Å². The molecule has 2 aromatic rings. The summed E-state index contributed by atoms with van der Waals surface area (Å²) in [5.74, 6) is -1.28. The number of esters is 1. The molecule has 13 nitrogen and oxygen atoms in total. The standard InChI is InChI=1S/C46H56N2O11/c1-4-56-45(53)44-34(23-50)39-29-8-9-37(52)32(19-29)31-18-28-10-13-47-36(28)20-27(31)7-6-26(22-49)25-57-42-33-21-38(58-41(33)35(24-51)43(59-44)40(39)42)46(2,54)30-11-15-48(16-12-30)14-5-17-55-3/h10,18,20,23,26,30,32,38,49,51,54H,4-9,11-17,19,21-22,24-25H2,1-3H3/b39-29-/t26-,32+,38-,46+/m0/s1. The Morgan fingerprint density at radius 3 is 2.63 bits per heavy atom. The third kappa shape index (κ3) is 7.65. The first-order valence-electron chi connectivity index (χ1n) is 21.3. The van der Waals surface area contributed by atoms with Crippen molar-refractivity contribution in [1.29, 1.82) is 0 Å². The van der Waals surface area contributed by atoms with E-state index in [-0.39, 0.29) is 79.3 Å². The number of aliphatic hydroxyl groups is 3. The highest BCUT2D eigenvalue weighted by Gasteiger charge is 2.49. The lowest BCUT2D eigenvalue weighted by Crippen LogP contribution is -2.52. The van der Waals surface area contributed by atoms with Crippen LogP contribution in [0.2, 0.25) is 0 Å². The van der Waals surface area contributed by atoms with Gasteiger partial charge < -0.3 is 43.9 Å². The van der Waals surface area contributed by atoms with Gasteiger partial charge in [0.1, 0.15) is 34.7 Å². The molecule has 59 heavy (non-hydrogen) atoms. The number of ketones is 1. The van der Waals surface area contributed by atoms with Crippen LogP contribution < -0.4 is 24.8 Å². The van der Waals surface area contributed by atoms with E-state index in [0.717, 1.165) is 66.2 Å². The van der Waals surface area contributed by atoms with Gasteiger partial charge in [0.15, 0.2) is 6.29 Å². The highest BCUT2D eigenvalue weighted by molar-refractivity contribution is 6.11. The molecule has 2 fully saturated rings. The molecule has 5 heterocycles. The minimum atomic E-state index is -1.27. The summed E-state index contributed by atoms with van der Waals surface area (Å²) < 4.78 is 30.6. The van der Waals surface area contributed by atoms with Gasteiger partial charge in [-0.1, -0.05) is 11.6 Å². The Morgan fingerprint density at radius 2 is 1.90 bits per heavy atom. The molecule has 2 bridgehead atoms. The summed E-state index contributed by atoms with van der Waals surface area (Å²) >= 11 is 0. The Hall–Kier alpha value is -4.40. The summed E-state index contributed by atoms with van der Waals surface area (Å²) in [6.07, 6.45) is 6.58. The molecule has 3 N–H and O–H groups in total. The molecule has 316 valence electrons. The quantitative estimate of drug-likeness (QED) is 0.172. The van der Waals surface area contributed by atoms with Gasteiger partial charge in [-0.3, -0.25) is 14.6 Å². The Labute approximate surface area is 344 Å². The molecule has 4 atom stereocenters. The van der Waals surface area contributed by atoms with E-state index >= 15 is 0 Å². The van der Waals surface area contributed by atoms with E-state index < -0.39 is 30.2 Å². The van der Waals surface area contributed by atoms with Crippen LogP contribution in [0.4, 0.5) is 0 Å². The number of methoxy groups -OCH3 is 1. The molecule has 0 amide bonds. The summed E-state index contributed by atoms with van der Waals surface area (Å²) in [5.41, 5.74) is 3.01. The van der Waals surface area contributed by atoms with Crippen molar-refractivity contribution >= 4 is 29.7 Å². The maximum absolute atomic E-state index is 14.0. The molecule has 13 heteroatoms. The van der Waals surface area contributed by atoms with E-state index in [4.69, 9.17) is 23.7 Å². The summed E-state index contributed by atoms with van der Waals surface area (Å²) in [5, 5.41) is 36.1. The molecule has 8 rings (SSSR count). The van der Waals surface area contributed by atoms with Crippen molar-refractivity contribution in [2.24, 2.45) is 16.8 Å². The molecular weight excluding hydrogens is 757 g/mol. The van der Waals surface area contributed by atoms with Crippen LogP contribution in [0.1, 0.15) is 92.5 Å². The molecular formula is C46H56N2O11. The third-order valence-corrected chi connectivity index (χ3v) is 13.4. The van der Waals surface area contributed by atoms with Crippen molar-refractivity contribution in [2.45, 2.75) is 95.9 Å². The monoisotopic (exact) mass is 812 g/mol. The topological polar surface area (TPSA) is 174 Å². The first-order chi connectivity index (χ1) is 28.6. The molecule has 2 aromatic carbocycles. The van der Waals surface area contributed by atoms with Crippen LogP contribution in [0.25, 0.3) is 11.6 Å². The SMILES string of the molecule is CCOC(=O)C1=C(C=O)/C2=C3\CCC(=O)[C@H](C3)c3cc4c(cc3CC[C@@H](CO)COc3c5c(c(CO)c(c32)O1)O[C@H]([C@](C)(O)C1CCN(CCCOC)CC1)C5)=NCC=4. The molecule has 6 aliphatic rings. The summed E-state index contributed by atoms with van der Waals surface area (Å²) in [4.78, 5) is 48.1. The zero-order chi connectivity index (χ0) is 41.4. The number of aliphatic hydroxyl groups excluding tert-OH is 2. The number of likely N-dealkylation sites (tertiary alicyclic amines) is 1. The van der Waals surface area contributed by atoms with Gasteiger partial charge >= 0.3 is 5.97 Å². The van der Waals surface area contributed by atoms with E-state index in [2.05, 4.69) is 22.0 Å². The van der Waals surface area contributed by atoms with Gasteiger partial charge in [-0.25, -0.2) is 4.79 Å². The number of ether oxygens (including phenoxy) is 5. The number of nitrogens with zero attached hydrogens (tertiary/aromatic N) is 2. The number of carbonyl (C=O) groups excluding carboxylic acids is 3. The van der Waals surface area contributed by atoms with Gasteiger partial charge in [-0.2, -0.15) is 0 Å². The maximum atomic E-state index is 14.0. The Bertz CT molecular complexity index is 2200. The number of allylic oxidation sites excluding steroid dienone is 3. The second-order valence-corrected chi connectivity index (χ2v) is 16.9. The molecule has 0 aromatic heterocycles. The molecule has 0 spiro atoms. The smallest absolute Gasteiger partial charge is 0.375 e. The molecule has 0 unspecified atom stereocenters. The van der Waals surface area contributed by atoms with Crippen LogP contribution in [0.3, 0.4) is 0 Å². The average molecular weight is 813 g/mol. The van der Waals surface area contributed by atoms with Crippen LogP contribution >= 0.6 is 0 Å². The largest absolute Gasteiger partial charge is 0.492 e. The second kappa shape index (κ2) is 17.3. The van der Waals surface area contributed by atoms with Gasteiger partial charge in [-0.15, -0.1) is 0 Å². The summed E-state index contributed by atoms with van der Waals surface area (Å²) in [7, 11) is 1.70. The third-order valence-electron chi connectivity index (χ3n) is 13.4. The van der Waals surface area contributed by atoms with Crippen molar-refractivity contribution in [3.63, 3.8) is 0 Å². The number of aldehydes is 1. The molecule has 1 aliphatic carbocycles. The lowest BCUT2D eigenvalue weighted by molar-refractivity contribution is -0.141. The van der Waals surface area contributed by atoms with Crippen molar-refractivity contribution in [3.8, 4) is 17.2 Å². The highest BCUT2D eigenvalue weighted by atomic mass is 16.6. The van der Waals surface area contributed by atoms with E-state index in [9.17, 15) is 29.7 Å². The number of fused-ring (bicyclic) bond motifs is 7. The number of Topliss-reactive ketones (excluding diaryl/α,β-unsaturated/α-hetero) is 1. The van der Waals surface area contributed by atoms with E-state index in [1.165, 1.54) is 0 Å². The van der Waals surface area contributed by atoms with Gasteiger partial charge in [0.05, 0.1) is 48.4 Å². The Balaban J connectivity index is 1.28. The lowest BCUT2D eigenvalue weighted by atomic mass is 9.74. The highest BCUT2D eigenvalue weighted by Crippen LogP contribution is 2.57. The molecule has 0 radical (unpaired) electrons. The average Bonchev–Trinajstić information content (AvgIpc) is 3.91. The van der Waals surface area contributed by atoms with Crippen molar-refractivity contribution in [2.75, 3.05) is 59.7 Å². The first kappa shape index (κ1) is 41.3. The lowest BCUT2D eigenvalue weighted by Gasteiger charge is -2.42. The first-order valence-corrected chi connectivity index (χ1v) is 21.3. The molecule has 1 saturated carbocycles. The van der Waals surface area contributed by atoms with Crippen LogP contribution in [-0.2, 0) is 43.3 Å². The zero-order valence-corrected chi connectivity index (χ0v) is 34.3. The number of hydrogen-bond donors (Lipinski definition) is 3. The van der Waals surface area contributed by atoms with Crippen LogP contribution in [-0.4, -0.2) is 110 Å². The minimum absolute atomic E-state index is 0.0253. The normalized spacial score (nSPS) is 25.2. The van der Waals surface area contributed by atoms with Crippen LogP contribution in [0.5, 0.6) is 17.2 Å². The molecule has 5 aliphatic heterocycles. The number of carbonyl (C=O) groups is 3. The number of piperidine rings is 1. The van der Waals surface area contributed by atoms with Gasteiger partial charge in [0.2, 0.25) is 5.76 Å². The van der Waals surface area contributed by atoms with E-state index in [0.29, 0.717) is 66.9 Å². The number of aryl methyl sites for hydroxylation is 1. The van der Waals surface area contributed by atoms with Gasteiger partial charge in [0.25, 0.3) is 0 Å². The Kier molecular flexibility index (Phi) is 12.1. The van der Waals surface area contributed by atoms with Crippen LogP contribution in [0.15, 0.2) is 34.0 Å². The second-order valence-electron chi connectivity index (χ2n) is 16.9. The number of benzene rings is 2. The van der Waals surface area contributed by atoms with Crippen molar-refractivity contribution < 1.29 is 53.4 Å². The zero-order valence-electron chi connectivity index (χ0n) is 34.3. The predicted molar refractivity (Wildman–Crippen MR) is 217 cm³/mol. The van der Waals surface area contributed by atoms with Crippen molar-refractivity contribution in [3.05, 3.63) is 67.4 Å².